The Balaban J connectivity index is 1.79. The quantitative estimate of drug-likeness (QED) is 0.868. The minimum absolute atomic E-state index is 0.0566. The fraction of sp³-hybridized carbons (Fsp3) is 0.444. The van der Waals surface area contributed by atoms with E-state index in [0.29, 0.717) is 11.5 Å². The SMILES string of the molecule is Cc1ccc(C)c(OCc2c(C(=O)N3CCCC3)noc2C)c1. The van der Waals surface area contributed by atoms with E-state index in [1.807, 2.05) is 37.8 Å². The van der Waals surface area contributed by atoms with Gasteiger partial charge in [-0.2, -0.15) is 0 Å². The molecular formula is C18H22N2O3. The lowest BCUT2D eigenvalue weighted by molar-refractivity contribution is 0.0780. The average Bonchev–Trinajstić information content (AvgIpc) is 3.18. The second kappa shape index (κ2) is 6.44. The zero-order valence-corrected chi connectivity index (χ0v) is 13.9. The van der Waals surface area contributed by atoms with Gasteiger partial charge < -0.3 is 14.2 Å². The number of aryl methyl sites for hydroxylation is 3. The van der Waals surface area contributed by atoms with E-state index in [1.165, 1.54) is 0 Å². The van der Waals surface area contributed by atoms with Gasteiger partial charge in [-0.25, -0.2) is 0 Å². The fourth-order valence-corrected chi connectivity index (χ4v) is 2.81. The Morgan fingerprint density at radius 3 is 2.74 bits per heavy atom. The average molecular weight is 314 g/mol. The summed E-state index contributed by atoms with van der Waals surface area (Å²) in [5, 5.41) is 3.97. The number of carbonyl (C=O) groups excluding carboxylic acids is 1. The van der Waals surface area contributed by atoms with Gasteiger partial charge >= 0.3 is 0 Å². The molecule has 122 valence electrons. The van der Waals surface area contributed by atoms with E-state index in [0.717, 1.165) is 48.4 Å². The van der Waals surface area contributed by atoms with Gasteiger partial charge in [0.1, 0.15) is 18.1 Å². The molecular weight excluding hydrogens is 292 g/mol. The van der Waals surface area contributed by atoms with E-state index in [4.69, 9.17) is 9.26 Å². The predicted molar refractivity (Wildman–Crippen MR) is 86.6 cm³/mol. The minimum atomic E-state index is -0.0566. The molecule has 0 saturated carbocycles. The Hall–Kier alpha value is -2.30. The van der Waals surface area contributed by atoms with Gasteiger partial charge in [0.05, 0.1) is 5.56 Å². The van der Waals surface area contributed by atoms with Crippen molar-refractivity contribution < 1.29 is 14.1 Å². The molecule has 1 saturated heterocycles. The largest absolute Gasteiger partial charge is 0.488 e. The second-order valence-electron chi connectivity index (χ2n) is 6.12. The maximum absolute atomic E-state index is 12.6. The zero-order valence-electron chi connectivity index (χ0n) is 13.9. The van der Waals surface area contributed by atoms with Crippen LogP contribution in [0.2, 0.25) is 0 Å². The van der Waals surface area contributed by atoms with Crippen LogP contribution in [0.4, 0.5) is 0 Å². The van der Waals surface area contributed by atoms with Crippen molar-refractivity contribution >= 4 is 5.91 Å². The first-order valence-electron chi connectivity index (χ1n) is 8.00. The van der Waals surface area contributed by atoms with Crippen LogP contribution in [0, 0.1) is 20.8 Å². The molecule has 3 rings (SSSR count). The summed E-state index contributed by atoms with van der Waals surface area (Å²) in [4.78, 5) is 14.4. The number of hydrogen-bond donors (Lipinski definition) is 0. The lowest BCUT2D eigenvalue weighted by atomic mass is 10.1. The minimum Gasteiger partial charge on any atom is -0.488 e. The Morgan fingerprint density at radius 1 is 1.26 bits per heavy atom. The van der Waals surface area contributed by atoms with Crippen molar-refractivity contribution in [1.29, 1.82) is 0 Å². The fourth-order valence-electron chi connectivity index (χ4n) is 2.81. The summed E-state index contributed by atoms with van der Waals surface area (Å²) in [6.07, 6.45) is 2.10. The molecule has 1 aliphatic rings. The van der Waals surface area contributed by atoms with Crippen LogP contribution < -0.4 is 4.74 Å². The molecule has 1 aromatic heterocycles. The molecule has 1 fully saturated rings. The van der Waals surface area contributed by atoms with E-state index in [2.05, 4.69) is 11.2 Å². The van der Waals surface area contributed by atoms with Gasteiger partial charge in [0.2, 0.25) is 0 Å². The lowest BCUT2D eigenvalue weighted by Crippen LogP contribution is -2.28. The maximum Gasteiger partial charge on any atom is 0.276 e. The Bertz CT molecular complexity index is 715. The number of carbonyl (C=O) groups is 1. The highest BCUT2D eigenvalue weighted by Gasteiger charge is 2.26. The van der Waals surface area contributed by atoms with Crippen LogP contribution in [0.25, 0.3) is 0 Å². The van der Waals surface area contributed by atoms with Gasteiger partial charge in [-0.1, -0.05) is 17.3 Å². The Kier molecular flexibility index (Phi) is 4.37. The molecule has 0 aliphatic carbocycles. The molecule has 0 bridgehead atoms. The van der Waals surface area contributed by atoms with Gasteiger partial charge in [0.25, 0.3) is 5.91 Å². The van der Waals surface area contributed by atoms with Gasteiger partial charge in [-0.05, 0) is 50.8 Å². The predicted octanol–water partition coefficient (Wildman–Crippen LogP) is 3.41. The molecule has 0 spiro atoms. The van der Waals surface area contributed by atoms with Gasteiger partial charge in [0.15, 0.2) is 5.69 Å². The first kappa shape index (κ1) is 15.6. The van der Waals surface area contributed by atoms with Gasteiger partial charge in [-0.15, -0.1) is 0 Å². The highest BCUT2D eigenvalue weighted by molar-refractivity contribution is 5.94. The van der Waals surface area contributed by atoms with Crippen molar-refractivity contribution in [3.8, 4) is 5.75 Å². The summed E-state index contributed by atoms with van der Waals surface area (Å²) in [5.74, 6) is 1.40. The van der Waals surface area contributed by atoms with Crippen LogP contribution in [0.3, 0.4) is 0 Å². The third-order valence-electron chi connectivity index (χ3n) is 4.30. The highest BCUT2D eigenvalue weighted by atomic mass is 16.5. The third-order valence-corrected chi connectivity index (χ3v) is 4.30. The highest BCUT2D eigenvalue weighted by Crippen LogP contribution is 2.23. The summed E-state index contributed by atoms with van der Waals surface area (Å²) in [5.41, 5.74) is 3.33. The van der Waals surface area contributed by atoms with Crippen molar-refractivity contribution in [2.45, 2.75) is 40.2 Å². The smallest absolute Gasteiger partial charge is 0.276 e. The number of rotatable bonds is 4. The number of nitrogens with zero attached hydrogens (tertiary/aromatic N) is 2. The van der Waals surface area contributed by atoms with Crippen molar-refractivity contribution in [3.05, 3.63) is 46.3 Å². The van der Waals surface area contributed by atoms with E-state index < -0.39 is 0 Å². The number of ether oxygens (including phenoxy) is 1. The molecule has 1 amide bonds. The summed E-state index contributed by atoms with van der Waals surface area (Å²) in [6, 6.07) is 6.08. The molecule has 2 aromatic rings. The summed E-state index contributed by atoms with van der Waals surface area (Å²) in [6.45, 7) is 7.72. The molecule has 5 nitrogen and oxygen atoms in total. The first-order valence-corrected chi connectivity index (χ1v) is 8.00. The molecule has 23 heavy (non-hydrogen) atoms. The standard InChI is InChI=1S/C18H22N2O3/c1-12-6-7-13(2)16(10-12)22-11-15-14(3)23-19-17(15)18(21)20-8-4-5-9-20/h6-7,10H,4-5,8-9,11H2,1-3H3. The number of likely N-dealkylation sites (tertiary alicyclic amines) is 1. The first-order chi connectivity index (χ1) is 11.1. The van der Waals surface area contributed by atoms with Crippen molar-refractivity contribution in [1.82, 2.24) is 10.1 Å². The number of hydrogen-bond acceptors (Lipinski definition) is 4. The van der Waals surface area contributed by atoms with Gasteiger partial charge in [0, 0.05) is 13.1 Å². The topological polar surface area (TPSA) is 55.6 Å². The zero-order chi connectivity index (χ0) is 16.4. The van der Waals surface area contributed by atoms with Crippen LogP contribution in [0.1, 0.15) is 45.8 Å². The van der Waals surface area contributed by atoms with Crippen LogP contribution >= 0.6 is 0 Å². The molecule has 1 aliphatic heterocycles. The van der Waals surface area contributed by atoms with Crippen molar-refractivity contribution in [3.63, 3.8) is 0 Å². The normalized spacial score (nSPS) is 14.3. The van der Waals surface area contributed by atoms with Crippen LogP contribution in [0.5, 0.6) is 5.75 Å². The molecule has 1 aromatic carbocycles. The van der Waals surface area contributed by atoms with Crippen molar-refractivity contribution in [2.75, 3.05) is 13.1 Å². The van der Waals surface area contributed by atoms with Crippen LogP contribution in [-0.2, 0) is 6.61 Å². The molecule has 0 N–H and O–H groups in total. The van der Waals surface area contributed by atoms with Crippen LogP contribution in [-0.4, -0.2) is 29.1 Å². The van der Waals surface area contributed by atoms with Gasteiger partial charge in [-0.3, -0.25) is 4.79 Å². The maximum atomic E-state index is 12.6. The number of aromatic nitrogens is 1. The van der Waals surface area contributed by atoms with Crippen LogP contribution in [0.15, 0.2) is 22.7 Å². The number of amides is 1. The lowest BCUT2D eigenvalue weighted by Gasteiger charge is -2.14. The Morgan fingerprint density at radius 2 is 2.00 bits per heavy atom. The molecule has 5 heteroatoms. The second-order valence-corrected chi connectivity index (χ2v) is 6.12. The molecule has 2 heterocycles. The molecule has 0 radical (unpaired) electrons. The summed E-state index contributed by atoms with van der Waals surface area (Å²) < 4.78 is 11.2. The van der Waals surface area contributed by atoms with E-state index >= 15 is 0 Å². The Labute approximate surface area is 136 Å². The van der Waals surface area contributed by atoms with Crippen molar-refractivity contribution in [2.24, 2.45) is 0 Å². The summed E-state index contributed by atoms with van der Waals surface area (Å²) >= 11 is 0. The van der Waals surface area contributed by atoms with E-state index in [-0.39, 0.29) is 12.5 Å². The molecule has 0 unspecified atom stereocenters. The number of benzene rings is 1. The third kappa shape index (κ3) is 3.23. The van der Waals surface area contributed by atoms with E-state index in [9.17, 15) is 4.79 Å². The van der Waals surface area contributed by atoms with E-state index in [1.54, 1.807) is 0 Å². The molecule has 0 atom stereocenters. The monoisotopic (exact) mass is 314 g/mol. The summed E-state index contributed by atoms with van der Waals surface area (Å²) in [7, 11) is 0.